The minimum atomic E-state index is -3.40. The third-order valence-electron chi connectivity index (χ3n) is 2.68. The highest BCUT2D eigenvalue weighted by Crippen LogP contribution is 2.49. The van der Waals surface area contributed by atoms with Gasteiger partial charge in [-0.3, -0.25) is 0 Å². The lowest BCUT2D eigenvalue weighted by Gasteiger charge is -2.10. The van der Waals surface area contributed by atoms with Crippen molar-refractivity contribution in [3.05, 3.63) is 0 Å². The number of rotatable bonds is 8. The Labute approximate surface area is 95.3 Å². The van der Waals surface area contributed by atoms with Gasteiger partial charge in [-0.15, -0.1) is 0 Å². The molecule has 1 fully saturated rings. The second-order valence-electron chi connectivity index (χ2n) is 3.83. The summed E-state index contributed by atoms with van der Waals surface area (Å²) in [5.41, 5.74) is 0. The van der Waals surface area contributed by atoms with Gasteiger partial charge >= 0.3 is 0 Å². The molecule has 0 aliphatic heterocycles. The Morgan fingerprint density at radius 1 is 1.27 bits per heavy atom. The van der Waals surface area contributed by atoms with E-state index >= 15 is 0 Å². The van der Waals surface area contributed by atoms with Gasteiger partial charge in [-0.1, -0.05) is 0 Å². The molecule has 90 valence electrons. The van der Waals surface area contributed by atoms with Crippen molar-refractivity contribution >= 4 is 19.7 Å². The van der Waals surface area contributed by atoms with Gasteiger partial charge in [-0.05, 0) is 25.7 Å². The normalized spacial score (nSPS) is 19.1. The smallest absolute Gasteiger partial charge is 0.238 e. The molecule has 1 rings (SSSR count). The zero-order chi connectivity index (χ0) is 11.4. The highest BCUT2D eigenvalue weighted by atomic mass is 35.7. The number of hydrogen-bond acceptors (Lipinski definition) is 4. The van der Waals surface area contributed by atoms with E-state index in [9.17, 15) is 8.42 Å². The standard InChI is InChI=1S/C9H17ClO4S/c1-13-7-8-14-6-2-3-9(4-5-9)15(10,11)12/h2-8H2,1H3. The topological polar surface area (TPSA) is 52.6 Å². The van der Waals surface area contributed by atoms with E-state index in [0.717, 1.165) is 6.42 Å². The second kappa shape index (κ2) is 5.48. The quantitative estimate of drug-likeness (QED) is 0.488. The molecule has 0 heterocycles. The number of methoxy groups -OCH3 is 1. The molecule has 0 atom stereocenters. The van der Waals surface area contributed by atoms with E-state index in [4.69, 9.17) is 20.2 Å². The summed E-state index contributed by atoms with van der Waals surface area (Å²) in [4.78, 5) is 0. The predicted molar refractivity (Wildman–Crippen MR) is 58.7 cm³/mol. The van der Waals surface area contributed by atoms with Gasteiger partial charge < -0.3 is 9.47 Å². The van der Waals surface area contributed by atoms with Crippen LogP contribution >= 0.6 is 10.7 Å². The Hall–Kier alpha value is 0.160. The third kappa shape index (κ3) is 3.90. The molecule has 1 aliphatic rings. The first-order valence-electron chi connectivity index (χ1n) is 5.03. The van der Waals surface area contributed by atoms with Crippen LogP contribution in [-0.2, 0) is 18.5 Å². The lowest BCUT2D eigenvalue weighted by atomic mass is 10.2. The highest BCUT2D eigenvalue weighted by Gasteiger charge is 2.52. The minimum Gasteiger partial charge on any atom is -0.382 e. The Morgan fingerprint density at radius 3 is 2.40 bits per heavy atom. The summed E-state index contributed by atoms with van der Waals surface area (Å²) >= 11 is 0. The molecule has 0 saturated heterocycles. The van der Waals surface area contributed by atoms with Crippen LogP contribution in [0.4, 0.5) is 0 Å². The van der Waals surface area contributed by atoms with Crippen LogP contribution in [0.15, 0.2) is 0 Å². The van der Waals surface area contributed by atoms with Crippen molar-refractivity contribution in [3.63, 3.8) is 0 Å². The fourth-order valence-electron chi connectivity index (χ4n) is 1.50. The molecule has 15 heavy (non-hydrogen) atoms. The van der Waals surface area contributed by atoms with Crippen LogP contribution in [0.3, 0.4) is 0 Å². The lowest BCUT2D eigenvalue weighted by Crippen LogP contribution is -2.18. The summed E-state index contributed by atoms with van der Waals surface area (Å²) < 4.78 is 31.8. The van der Waals surface area contributed by atoms with E-state index in [-0.39, 0.29) is 0 Å². The molecule has 0 aromatic carbocycles. The molecule has 1 aliphatic carbocycles. The molecule has 0 radical (unpaired) electrons. The van der Waals surface area contributed by atoms with Gasteiger partial charge in [0.25, 0.3) is 0 Å². The Kier molecular flexibility index (Phi) is 4.83. The van der Waals surface area contributed by atoms with E-state index in [1.165, 1.54) is 0 Å². The van der Waals surface area contributed by atoms with Crippen LogP contribution in [0.2, 0.25) is 0 Å². The Morgan fingerprint density at radius 2 is 1.93 bits per heavy atom. The van der Waals surface area contributed by atoms with Crippen LogP contribution in [0, 0.1) is 0 Å². The van der Waals surface area contributed by atoms with Crippen molar-refractivity contribution in [1.29, 1.82) is 0 Å². The summed E-state index contributed by atoms with van der Waals surface area (Å²) in [7, 11) is 3.58. The van der Waals surface area contributed by atoms with Crippen LogP contribution in [0.1, 0.15) is 25.7 Å². The van der Waals surface area contributed by atoms with Gasteiger partial charge in [-0.2, -0.15) is 0 Å². The Balaban J connectivity index is 2.11. The largest absolute Gasteiger partial charge is 0.382 e. The Bertz CT molecular complexity index is 284. The molecule has 6 heteroatoms. The van der Waals surface area contributed by atoms with Gasteiger partial charge in [0.1, 0.15) is 0 Å². The van der Waals surface area contributed by atoms with Crippen LogP contribution in [0.5, 0.6) is 0 Å². The summed E-state index contributed by atoms with van der Waals surface area (Å²) in [6.45, 7) is 1.69. The molecule has 1 saturated carbocycles. The zero-order valence-electron chi connectivity index (χ0n) is 8.87. The van der Waals surface area contributed by atoms with Crippen molar-refractivity contribution in [1.82, 2.24) is 0 Å². The monoisotopic (exact) mass is 256 g/mol. The average molecular weight is 257 g/mol. The van der Waals surface area contributed by atoms with Gasteiger partial charge in [0.2, 0.25) is 9.05 Å². The first-order chi connectivity index (χ1) is 7.02. The maximum Gasteiger partial charge on any atom is 0.238 e. The molecule has 4 nitrogen and oxygen atoms in total. The SMILES string of the molecule is COCCOCCCC1(S(=O)(=O)Cl)CC1. The summed E-state index contributed by atoms with van der Waals surface area (Å²) in [6, 6.07) is 0. The fourth-order valence-corrected chi connectivity index (χ4v) is 3.17. The minimum absolute atomic E-state index is 0.553. The predicted octanol–water partition coefficient (Wildman–Crippen LogP) is 1.53. The summed E-state index contributed by atoms with van der Waals surface area (Å²) in [5.74, 6) is 0. The summed E-state index contributed by atoms with van der Waals surface area (Å²) in [6.07, 6.45) is 2.72. The van der Waals surface area contributed by atoms with Gasteiger partial charge in [0.15, 0.2) is 0 Å². The van der Waals surface area contributed by atoms with Crippen molar-refractivity contribution in [2.45, 2.75) is 30.4 Å². The van der Waals surface area contributed by atoms with Crippen molar-refractivity contribution in [2.24, 2.45) is 0 Å². The van der Waals surface area contributed by atoms with Crippen LogP contribution < -0.4 is 0 Å². The molecule has 0 aromatic heterocycles. The van der Waals surface area contributed by atoms with Gasteiger partial charge in [-0.25, -0.2) is 8.42 Å². The van der Waals surface area contributed by atoms with E-state index < -0.39 is 13.8 Å². The summed E-state index contributed by atoms with van der Waals surface area (Å²) in [5, 5.41) is 0. The number of halogens is 1. The molecule has 0 spiro atoms. The maximum absolute atomic E-state index is 11.2. The number of hydrogen-bond donors (Lipinski definition) is 0. The van der Waals surface area contributed by atoms with E-state index in [1.807, 2.05) is 0 Å². The van der Waals surface area contributed by atoms with E-state index in [2.05, 4.69) is 0 Å². The van der Waals surface area contributed by atoms with Crippen LogP contribution in [0.25, 0.3) is 0 Å². The zero-order valence-corrected chi connectivity index (χ0v) is 10.4. The molecule has 0 bridgehead atoms. The molecule has 0 amide bonds. The van der Waals surface area contributed by atoms with E-state index in [1.54, 1.807) is 7.11 Å². The molecule has 0 aromatic rings. The first-order valence-corrected chi connectivity index (χ1v) is 7.34. The molecule has 0 N–H and O–H groups in total. The van der Waals surface area contributed by atoms with Crippen molar-refractivity contribution < 1.29 is 17.9 Å². The van der Waals surface area contributed by atoms with Crippen molar-refractivity contribution in [2.75, 3.05) is 26.9 Å². The molecular formula is C9H17ClO4S. The maximum atomic E-state index is 11.2. The van der Waals surface area contributed by atoms with Crippen molar-refractivity contribution in [3.8, 4) is 0 Å². The number of ether oxygens (including phenoxy) is 2. The van der Waals surface area contributed by atoms with Gasteiger partial charge in [0, 0.05) is 24.4 Å². The first kappa shape index (κ1) is 13.2. The fraction of sp³-hybridized carbons (Fsp3) is 1.00. The molecular weight excluding hydrogens is 240 g/mol. The lowest BCUT2D eigenvalue weighted by molar-refractivity contribution is 0.0685. The third-order valence-corrected chi connectivity index (χ3v) is 5.31. The highest BCUT2D eigenvalue weighted by molar-refractivity contribution is 8.15. The second-order valence-corrected chi connectivity index (χ2v) is 6.79. The van der Waals surface area contributed by atoms with Gasteiger partial charge in [0.05, 0.1) is 18.0 Å². The van der Waals surface area contributed by atoms with E-state index in [0.29, 0.717) is 39.1 Å². The average Bonchev–Trinajstić information content (AvgIpc) is 2.91. The molecule has 0 unspecified atom stereocenters. The van der Waals surface area contributed by atoms with Crippen LogP contribution in [-0.4, -0.2) is 40.1 Å².